The number of esters is 1. The quantitative estimate of drug-likeness (QED) is 0.478. The minimum Gasteiger partial charge on any atom is -0.462 e. The predicted molar refractivity (Wildman–Crippen MR) is 132 cm³/mol. The van der Waals surface area contributed by atoms with E-state index in [-0.39, 0.29) is 0 Å². The Labute approximate surface area is 196 Å². The van der Waals surface area contributed by atoms with Crippen LogP contribution in [-0.2, 0) is 11.3 Å². The normalized spacial score (nSPS) is 14.8. The lowest BCUT2D eigenvalue weighted by Crippen LogP contribution is -2.32. The number of hydrogen-bond acceptors (Lipinski definition) is 6. The molecular weight excluding hydrogens is 412 g/mol. The Balaban J connectivity index is 1.54. The van der Waals surface area contributed by atoms with Crippen LogP contribution in [0.25, 0.3) is 11.4 Å². The number of benzene rings is 2. The lowest BCUT2D eigenvalue weighted by atomic mass is 9.99. The Morgan fingerprint density at radius 1 is 1.15 bits per heavy atom. The molecule has 0 spiro atoms. The summed E-state index contributed by atoms with van der Waals surface area (Å²) in [6, 6.07) is 16.3. The maximum atomic E-state index is 12.5. The molecule has 1 saturated heterocycles. The molecule has 1 N–H and O–H groups in total. The van der Waals surface area contributed by atoms with Crippen molar-refractivity contribution in [2.75, 3.05) is 25.0 Å². The standard InChI is InChI=1S/C27H32N4O2/c1-4-33-27(32)24-17-28-25(22-7-5-6-20(3)16-22)30-26(24)29-23-10-8-21(9-11-23)18-31-14-12-19(2)13-15-31/h5-11,16-17,19H,4,12-15,18H2,1-3H3,(H,28,29,30). The number of aromatic nitrogens is 2. The molecule has 6 heteroatoms. The number of aryl methyl sites for hydroxylation is 1. The van der Waals surface area contributed by atoms with Gasteiger partial charge in [0.05, 0.1) is 6.61 Å². The van der Waals surface area contributed by atoms with E-state index >= 15 is 0 Å². The molecule has 2 aromatic carbocycles. The highest BCUT2D eigenvalue weighted by Gasteiger charge is 2.18. The topological polar surface area (TPSA) is 67.3 Å². The van der Waals surface area contributed by atoms with Gasteiger partial charge in [-0.15, -0.1) is 0 Å². The lowest BCUT2D eigenvalue weighted by molar-refractivity contribution is 0.0526. The fourth-order valence-corrected chi connectivity index (χ4v) is 4.07. The molecule has 0 atom stereocenters. The van der Waals surface area contributed by atoms with Crippen molar-refractivity contribution in [2.24, 2.45) is 5.92 Å². The molecule has 6 nitrogen and oxygen atoms in total. The molecule has 0 unspecified atom stereocenters. The molecule has 1 aromatic heterocycles. The largest absolute Gasteiger partial charge is 0.462 e. The Kier molecular flexibility index (Phi) is 7.35. The maximum absolute atomic E-state index is 12.5. The summed E-state index contributed by atoms with van der Waals surface area (Å²) in [5.74, 6) is 1.40. The van der Waals surface area contributed by atoms with Crippen LogP contribution < -0.4 is 5.32 Å². The van der Waals surface area contributed by atoms with Gasteiger partial charge in [0.25, 0.3) is 0 Å². The molecular formula is C27H32N4O2. The number of rotatable bonds is 7. The summed E-state index contributed by atoms with van der Waals surface area (Å²) in [6.45, 7) is 9.73. The Morgan fingerprint density at radius 2 is 1.91 bits per heavy atom. The third kappa shape index (κ3) is 5.96. The van der Waals surface area contributed by atoms with Gasteiger partial charge in [-0.05, 0) is 69.5 Å². The predicted octanol–water partition coefficient (Wildman–Crippen LogP) is 5.60. The first kappa shape index (κ1) is 22.9. The Morgan fingerprint density at radius 3 is 2.61 bits per heavy atom. The zero-order chi connectivity index (χ0) is 23.2. The monoisotopic (exact) mass is 444 g/mol. The molecule has 3 aromatic rings. The molecule has 0 saturated carbocycles. The highest BCUT2D eigenvalue weighted by atomic mass is 16.5. The van der Waals surface area contributed by atoms with E-state index in [0.29, 0.717) is 23.8 Å². The van der Waals surface area contributed by atoms with E-state index in [9.17, 15) is 4.79 Å². The molecule has 172 valence electrons. The van der Waals surface area contributed by atoms with Crippen LogP contribution >= 0.6 is 0 Å². The van der Waals surface area contributed by atoms with E-state index in [2.05, 4.69) is 39.2 Å². The number of carbonyl (C=O) groups excluding carboxylic acids is 1. The van der Waals surface area contributed by atoms with Crippen LogP contribution in [0.4, 0.5) is 11.5 Å². The van der Waals surface area contributed by atoms with Crippen LogP contribution in [0.2, 0.25) is 0 Å². The van der Waals surface area contributed by atoms with Gasteiger partial charge in [-0.25, -0.2) is 14.8 Å². The Hall–Kier alpha value is -3.25. The van der Waals surface area contributed by atoms with E-state index in [1.165, 1.54) is 24.6 Å². The molecule has 2 heterocycles. The van der Waals surface area contributed by atoms with Crippen LogP contribution in [-0.4, -0.2) is 40.5 Å². The smallest absolute Gasteiger partial charge is 0.343 e. The van der Waals surface area contributed by atoms with Crippen LogP contribution in [0.15, 0.2) is 54.7 Å². The lowest BCUT2D eigenvalue weighted by Gasteiger charge is -2.30. The SMILES string of the molecule is CCOC(=O)c1cnc(-c2cccc(C)c2)nc1Nc1ccc(CN2CCC(C)CC2)cc1. The number of piperidine rings is 1. The van der Waals surface area contributed by atoms with Gasteiger partial charge >= 0.3 is 5.97 Å². The van der Waals surface area contributed by atoms with Gasteiger partial charge in [0.2, 0.25) is 0 Å². The van der Waals surface area contributed by atoms with Gasteiger partial charge in [-0.1, -0.05) is 42.8 Å². The summed E-state index contributed by atoms with van der Waals surface area (Å²) in [6.07, 6.45) is 4.08. The third-order valence-electron chi connectivity index (χ3n) is 6.06. The molecule has 4 rings (SSSR count). The summed E-state index contributed by atoms with van der Waals surface area (Å²) in [5, 5.41) is 3.31. The van der Waals surface area contributed by atoms with E-state index in [1.807, 2.05) is 43.3 Å². The summed E-state index contributed by atoms with van der Waals surface area (Å²) >= 11 is 0. The molecule has 1 fully saturated rings. The summed E-state index contributed by atoms with van der Waals surface area (Å²) in [5.41, 5.74) is 4.49. The number of hydrogen-bond donors (Lipinski definition) is 1. The molecule has 1 aliphatic rings. The molecule has 0 bridgehead atoms. The number of nitrogens with one attached hydrogen (secondary N) is 1. The number of likely N-dealkylation sites (tertiary alicyclic amines) is 1. The second kappa shape index (κ2) is 10.6. The van der Waals surface area contributed by atoms with Crippen LogP contribution in [0.3, 0.4) is 0 Å². The van der Waals surface area contributed by atoms with Crippen LogP contribution in [0, 0.1) is 12.8 Å². The van der Waals surface area contributed by atoms with Crippen LogP contribution in [0.1, 0.15) is 48.2 Å². The second-order valence-corrected chi connectivity index (χ2v) is 8.83. The van der Waals surface area contributed by atoms with E-state index < -0.39 is 5.97 Å². The van der Waals surface area contributed by atoms with Gasteiger partial charge in [-0.3, -0.25) is 4.90 Å². The van der Waals surface area contributed by atoms with Crippen molar-refractivity contribution in [3.8, 4) is 11.4 Å². The number of nitrogens with zero attached hydrogens (tertiary/aromatic N) is 3. The highest BCUT2D eigenvalue weighted by Crippen LogP contribution is 2.25. The van der Waals surface area contributed by atoms with Crippen molar-refractivity contribution in [2.45, 2.75) is 40.2 Å². The second-order valence-electron chi connectivity index (χ2n) is 8.83. The highest BCUT2D eigenvalue weighted by molar-refractivity contribution is 5.95. The zero-order valence-electron chi connectivity index (χ0n) is 19.7. The fraction of sp³-hybridized carbons (Fsp3) is 0.370. The minimum absolute atomic E-state index is 0.294. The van der Waals surface area contributed by atoms with E-state index in [4.69, 9.17) is 4.74 Å². The van der Waals surface area contributed by atoms with Gasteiger partial charge in [-0.2, -0.15) is 0 Å². The molecule has 33 heavy (non-hydrogen) atoms. The summed E-state index contributed by atoms with van der Waals surface area (Å²) in [4.78, 5) is 24.1. The first-order valence-electron chi connectivity index (χ1n) is 11.7. The number of ether oxygens (including phenoxy) is 1. The average molecular weight is 445 g/mol. The molecule has 0 amide bonds. The zero-order valence-corrected chi connectivity index (χ0v) is 19.7. The van der Waals surface area contributed by atoms with Crippen molar-refractivity contribution in [1.82, 2.24) is 14.9 Å². The van der Waals surface area contributed by atoms with Gasteiger partial charge in [0, 0.05) is 24.0 Å². The fourth-order valence-electron chi connectivity index (χ4n) is 4.07. The molecule has 1 aliphatic heterocycles. The third-order valence-corrected chi connectivity index (χ3v) is 6.06. The molecule has 0 radical (unpaired) electrons. The van der Waals surface area contributed by atoms with Gasteiger partial charge in [0.1, 0.15) is 11.4 Å². The Bertz CT molecular complexity index is 1090. The van der Waals surface area contributed by atoms with Gasteiger partial charge in [0.15, 0.2) is 5.82 Å². The maximum Gasteiger partial charge on any atom is 0.343 e. The number of carbonyl (C=O) groups is 1. The van der Waals surface area contributed by atoms with Crippen molar-refractivity contribution < 1.29 is 9.53 Å². The molecule has 0 aliphatic carbocycles. The number of anilines is 2. The van der Waals surface area contributed by atoms with Crippen molar-refractivity contribution in [1.29, 1.82) is 0 Å². The van der Waals surface area contributed by atoms with E-state index in [0.717, 1.165) is 42.4 Å². The first-order valence-corrected chi connectivity index (χ1v) is 11.7. The summed E-state index contributed by atoms with van der Waals surface area (Å²) in [7, 11) is 0. The first-order chi connectivity index (χ1) is 16.0. The average Bonchev–Trinajstić information content (AvgIpc) is 2.82. The summed E-state index contributed by atoms with van der Waals surface area (Å²) < 4.78 is 5.22. The minimum atomic E-state index is -0.438. The van der Waals surface area contributed by atoms with Crippen molar-refractivity contribution >= 4 is 17.5 Å². The van der Waals surface area contributed by atoms with E-state index in [1.54, 1.807) is 6.92 Å². The van der Waals surface area contributed by atoms with Crippen molar-refractivity contribution in [3.63, 3.8) is 0 Å². The van der Waals surface area contributed by atoms with Gasteiger partial charge < -0.3 is 10.1 Å². The van der Waals surface area contributed by atoms with Crippen molar-refractivity contribution in [3.05, 3.63) is 71.4 Å². The van der Waals surface area contributed by atoms with Crippen LogP contribution in [0.5, 0.6) is 0 Å².